The summed E-state index contributed by atoms with van der Waals surface area (Å²) in [5.74, 6) is -2.04. The summed E-state index contributed by atoms with van der Waals surface area (Å²) in [6, 6.07) is 1.76. The van der Waals surface area contributed by atoms with Gasteiger partial charge < -0.3 is 4.90 Å². The zero-order valence-electron chi connectivity index (χ0n) is 14.0. The highest BCUT2D eigenvalue weighted by molar-refractivity contribution is 7.92. The Morgan fingerprint density at radius 2 is 1.83 bits per heavy atom. The van der Waals surface area contributed by atoms with E-state index in [1.807, 2.05) is 0 Å². The third kappa shape index (κ3) is 4.03. The summed E-state index contributed by atoms with van der Waals surface area (Å²) in [4.78, 5) is 14.3. The second kappa shape index (κ2) is 7.04. The molecule has 1 fully saturated rings. The van der Waals surface area contributed by atoms with Gasteiger partial charge in [-0.2, -0.15) is 0 Å². The normalized spacial score (nSPS) is 17.6. The van der Waals surface area contributed by atoms with E-state index >= 15 is 0 Å². The van der Waals surface area contributed by atoms with Crippen LogP contribution >= 0.6 is 0 Å². The Morgan fingerprint density at radius 3 is 2.33 bits per heavy atom. The predicted molar refractivity (Wildman–Crippen MR) is 88.1 cm³/mol. The minimum atomic E-state index is -3.84. The highest BCUT2D eigenvalue weighted by atomic mass is 32.2. The van der Waals surface area contributed by atoms with E-state index in [0.717, 1.165) is 41.6 Å². The van der Waals surface area contributed by atoms with E-state index < -0.39 is 27.7 Å². The lowest BCUT2D eigenvalue weighted by Gasteiger charge is -2.35. The van der Waals surface area contributed by atoms with Crippen LogP contribution in [0.2, 0.25) is 0 Å². The van der Waals surface area contributed by atoms with Crippen molar-refractivity contribution in [2.75, 3.05) is 23.7 Å². The number of likely N-dealkylation sites (tertiary alicyclic amines) is 1. The van der Waals surface area contributed by atoms with Gasteiger partial charge in [0, 0.05) is 19.2 Å². The van der Waals surface area contributed by atoms with E-state index in [2.05, 4.69) is 6.92 Å². The zero-order valence-corrected chi connectivity index (χ0v) is 14.8. The van der Waals surface area contributed by atoms with Gasteiger partial charge in [-0.25, -0.2) is 17.2 Å². The van der Waals surface area contributed by atoms with Crippen molar-refractivity contribution in [1.82, 2.24) is 4.90 Å². The summed E-state index contributed by atoms with van der Waals surface area (Å²) in [7, 11) is -3.84. The maximum Gasteiger partial charge on any atom is 0.246 e. The van der Waals surface area contributed by atoms with Crippen molar-refractivity contribution in [3.63, 3.8) is 0 Å². The molecule has 134 valence electrons. The van der Waals surface area contributed by atoms with Crippen LogP contribution < -0.4 is 4.31 Å². The van der Waals surface area contributed by atoms with E-state index in [-0.39, 0.29) is 11.6 Å². The summed E-state index contributed by atoms with van der Waals surface area (Å²) in [5.41, 5.74) is -0.0670. The Hall–Kier alpha value is -1.70. The average Bonchev–Trinajstić information content (AvgIpc) is 2.49. The number of rotatable bonds is 4. The van der Waals surface area contributed by atoms with Crippen LogP contribution in [0, 0.1) is 17.6 Å². The minimum Gasteiger partial charge on any atom is -0.341 e. The molecule has 5 nitrogen and oxygen atoms in total. The first kappa shape index (κ1) is 18.6. The molecule has 1 aromatic carbocycles. The molecule has 1 heterocycles. The number of anilines is 1. The van der Waals surface area contributed by atoms with E-state index in [9.17, 15) is 22.0 Å². The summed E-state index contributed by atoms with van der Waals surface area (Å²) < 4.78 is 51.8. The number of nitrogens with zero attached hydrogens (tertiary/aromatic N) is 2. The van der Waals surface area contributed by atoms with Gasteiger partial charge in [-0.15, -0.1) is 0 Å². The molecule has 1 aliphatic rings. The molecule has 0 aromatic heterocycles. The lowest BCUT2D eigenvalue weighted by molar-refractivity contribution is -0.133. The first-order valence-electron chi connectivity index (χ1n) is 7.84. The number of piperidine rings is 1. The molecule has 1 saturated heterocycles. The Balaban J connectivity index is 2.30. The van der Waals surface area contributed by atoms with Crippen molar-refractivity contribution in [2.24, 2.45) is 5.92 Å². The Kier molecular flexibility index (Phi) is 5.47. The van der Waals surface area contributed by atoms with Gasteiger partial charge in [-0.1, -0.05) is 6.92 Å². The molecular weight excluding hydrogens is 338 g/mol. The second-order valence-electron chi connectivity index (χ2n) is 6.34. The van der Waals surface area contributed by atoms with Crippen LogP contribution in [0.3, 0.4) is 0 Å². The number of carbonyl (C=O) groups is 1. The molecule has 2 rings (SSSR count). The molecule has 0 unspecified atom stereocenters. The molecule has 0 bridgehead atoms. The SMILES string of the molecule is CC1CCN(C(=O)[C@@H](C)N(c2ccc(F)c(F)c2)S(C)(=O)=O)CC1. The van der Waals surface area contributed by atoms with Crippen LogP contribution in [-0.4, -0.2) is 44.6 Å². The van der Waals surface area contributed by atoms with Gasteiger partial charge in [0.1, 0.15) is 6.04 Å². The van der Waals surface area contributed by atoms with Crippen molar-refractivity contribution in [1.29, 1.82) is 0 Å². The molecule has 0 spiro atoms. The fourth-order valence-corrected chi connectivity index (χ4v) is 4.08. The highest BCUT2D eigenvalue weighted by Crippen LogP contribution is 2.25. The Bertz CT molecular complexity index is 716. The monoisotopic (exact) mass is 360 g/mol. The number of benzene rings is 1. The number of hydrogen-bond donors (Lipinski definition) is 0. The molecule has 1 aliphatic heterocycles. The number of halogens is 2. The molecule has 0 aliphatic carbocycles. The molecule has 1 amide bonds. The van der Waals surface area contributed by atoms with Gasteiger partial charge in [0.05, 0.1) is 11.9 Å². The van der Waals surface area contributed by atoms with Crippen molar-refractivity contribution in [3.8, 4) is 0 Å². The predicted octanol–water partition coefficient (Wildman–Crippen LogP) is 2.38. The van der Waals surface area contributed by atoms with Crippen LogP contribution in [-0.2, 0) is 14.8 Å². The van der Waals surface area contributed by atoms with Crippen LogP contribution in [0.5, 0.6) is 0 Å². The van der Waals surface area contributed by atoms with Gasteiger partial charge in [-0.05, 0) is 37.8 Å². The van der Waals surface area contributed by atoms with E-state index in [1.165, 1.54) is 6.92 Å². The smallest absolute Gasteiger partial charge is 0.246 e. The number of carbonyl (C=O) groups excluding carboxylic acids is 1. The van der Waals surface area contributed by atoms with Crippen LogP contribution in [0.4, 0.5) is 14.5 Å². The topological polar surface area (TPSA) is 57.7 Å². The highest BCUT2D eigenvalue weighted by Gasteiger charge is 2.33. The van der Waals surface area contributed by atoms with Crippen LogP contribution in [0.15, 0.2) is 18.2 Å². The summed E-state index contributed by atoms with van der Waals surface area (Å²) >= 11 is 0. The van der Waals surface area contributed by atoms with Crippen molar-refractivity contribution < 1.29 is 22.0 Å². The largest absolute Gasteiger partial charge is 0.341 e. The van der Waals surface area contributed by atoms with E-state index in [0.29, 0.717) is 19.0 Å². The number of sulfonamides is 1. The maximum atomic E-state index is 13.5. The molecule has 0 radical (unpaired) electrons. The maximum absolute atomic E-state index is 13.5. The lowest BCUT2D eigenvalue weighted by atomic mass is 9.99. The zero-order chi connectivity index (χ0) is 18.1. The van der Waals surface area contributed by atoms with Crippen molar-refractivity contribution in [2.45, 2.75) is 32.7 Å². The van der Waals surface area contributed by atoms with Gasteiger partial charge in [0.2, 0.25) is 15.9 Å². The van der Waals surface area contributed by atoms with E-state index in [4.69, 9.17) is 0 Å². The fraction of sp³-hybridized carbons (Fsp3) is 0.562. The van der Waals surface area contributed by atoms with Crippen molar-refractivity contribution >= 4 is 21.6 Å². The third-order valence-electron chi connectivity index (χ3n) is 4.32. The van der Waals surface area contributed by atoms with Crippen LogP contribution in [0.25, 0.3) is 0 Å². The van der Waals surface area contributed by atoms with Gasteiger partial charge in [-0.3, -0.25) is 9.10 Å². The van der Waals surface area contributed by atoms with Crippen molar-refractivity contribution in [3.05, 3.63) is 29.8 Å². The van der Waals surface area contributed by atoms with Gasteiger partial charge in [0.15, 0.2) is 11.6 Å². The average molecular weight is 360 g/mol. The molecule has 0 saturated carbocycles. The molecule has 1 atom stereocenters. The van der Waals surface area contributed by atoms with E-state index in [1.54, 1.807) is 4.90 Å². The molecule has 0 N–H and O–H groups in total. The molecule has 24 heavy (non-hydrogen) atoms. The summed E-state index contributed by atoms with van der Waals surface area (Å²) in [5, 5.41) is 0. The number of hydrogen-bond acceptors (Lipinski definition) is 3. The fourth-order valence-electron chi connectivity index (χ4n) is 2.92. The number of amides is 1. The first-order chi connectivity index (χ1) is 11.1. The van der Waals surface area contributed by atoms with Gasteiger partial charge >= 0.3 is 0 Å². The standard InChI is InChI=1S/C16H22F2N2O3S/c1-11-6-8-19(9-7-11)16(21)12(2)20(24(3,22)23)13-4-5-14(17)15(18)10-13/h4-5,10-12H,6-9H2,1-3H3/t12-/m1/s1. The molecule has 1 aromatic rings. The van der Waals surface area contributed by atoms with Gasteiger partial charge in [0.25, 0.3) is 0 Å². The first-order valence-corrected chi connectivity index (χ1v) is 9.69. The summed E-state index contributed by atoms with van der Waals surface area (Å²) in [6.07, 6.45) is 2.67. The summed E-state index contributed by atoms with van der Waals surface area (Å²) in [6.45, 7) is 4.71. The second-order valence-corrected chi connectivity index (χ2v) is 8.20. The van der Waals surface area contributed by atoms with Crippen LogP contribution in [0.1, 0.15) is 26.7 Å². The third-order valence-corrected chi connectivity index (χ3v) is 5.56. The Labute approximate surface area is 141 Å². The molecular formula is C16H22F2N2O3S. The minimum absolute atomic E-state index is 0.0670. The lowest BCUT2D eigenvalue weighted by Crippen LogP contribution is -2.51. The molecule has 8 heteroatoms. The quantitative estimate of drug-likeness (QED) is 0.828. The Morgan fingerprint density at radius 1 is 1.25 bits per heavy atom.